The van der Waals surface area contributed by atoms with Gasteiger partial charge in [-0.2, -0.15) is 18.2 Å². The Morgan fingerprint density at radius 1 is 1.03 bits per heavy atom. The number of hydrogen-bond acceptors (Lipinski definition) is 6. The van der Waals surface area contributed by atoms with Crippen LogP contribution in [0, 0.1) is 5.92 Å². The molecule has 5 rings (SSSR count). The number of aliphatic carboxylic acids is 1. The Kier molecular flexibility index (Phi) is 7.03. The molecular formula is C23H27F3N6O2. The number of carbonyl (C=O) groups is 1. The van der Waals surface area contributed by atoms with E-state index in [1.807, 2.05) is 42.5 Å². The Labute approximate surface area is 194 Å². The average molecular weight is 477 g/mol. The van der Waals surface area contributed by atoms with Crippen molar-refractivity contribution in [3.8, 4) is 11.3 Å². The average Bonchev–Trinajstić information content (AvgIpc) is 3.56. The number of hydrogen-bond donors (Lipinski definition) is 2. The quantitative estimate of drug-likeness (QED) is 0.584. The van der Waals surface area contributed by atoms with Crippen LogP contribution in [0.4, 0.5) is 19.1 Å². The molecule has 0 unspecified atom stereocenters. The van der Waals surface area contributed by atoms with Gasteiger partial charge in [-0.3, -0.25) is 14.6 Å². The van der Waals surface area contributed by atoms with Crippen molar-refractivity contribution in [3.05, 3.63) is 48.0 Å². The molecule has 1 aliphatic carbocycles. The number of benzene rings is 1. The van der Waals surface area contributed by atoms with E-state index >= 15 is 0 Å². The van der Waals surface area contributed by atoms with Crippen LogP contribution in [0.15, 0.2) is 42.5 Å². The first kappa shape index (κ1) is 24.0. The van der Waals surface area contributed by atoms with Crippen molar-refractivity contribution in [2.45, 2.75) is 25.6 Å². The van der Waals surface area contributed by atoms with Gasteiger partial charge in [0.05, 0.1) is 18.2 Å². The fraction of sp³-hybridized carbons (Fsp3) is 0.435. The monoisotopic (exact) mass is 476 g/mol. The van der Waals surface area contributed by atoms with E-state index < -0.39 is 18.7 Å². The number of nitrogens with two attached hydrogens (primary N) is 1. The molecule has 1 aliphatic heterocycles. The van der Waals surface area contributed by atoms with Crippen molar-refractivity contribution >= 4 is 17.6 Å². The van der Waals surface area contributed by atoms with Gasteiger partial charge in [-0.15, -0.1) is 5.10 Å². The van der Waals surface area contributed by atoms with Crippen LogP contribution in [0.25, 0.3) is 16.9 Å². The SMILES string of the molecule is Nc1nc2cccc(-c3ccc(CN4CCN(CC(F)(F)F)CC4)cc3)n2n1.O=C(O)C1CC1. The Morgan fingerprint density at radius 2 is 1.68 bits per heavy atom. The smallest absolute Gasteiger partial charge is 0.401 e. The van der Waals surface area contributed by atoms with Gasteiger partial charge < -0.3 is 10.8 Å². The van der Waals surface area contributed by atoms with Crippen LogP contribution in [0.1, 0.15) is 18.4 Å². The maximum absolute atomic E-state index is 12.5. The summed E-state index contributed by atoms with van der Waals surface area (Å²) in [4.78, 5) is 17.6. The minimum atomic E-state index is -4.13. The number of anilines is 1. The van der Waals surface area contributed by atoms with Crippen LogP contribution in [-0.4, -0.2) is 74.4 Å². The highest BCUT2D eigenvalue weighted by atomic mass is 19.4. The number of rotatable bonds is 5. The summed E-state index contributed by atoms with van der Waals surface area (Å²) in [7, 11) is 0. The van der Waals surface area contributed by atoms with Gasteiger partial charge in [0.2, 0.25) is 5.95 Å². The first-order valence-electron chi connectivity index (χ1n) is 11.1. The van der Waals surface area contributed by atoms with Crippen molar-refractivity contribution < 1.29 is 23.1 Å². The molecule has 11 heteroatoms. The van der Waals surface area contributed by atoms with Gasteiger partial charge in [-0.05, 0) is 30.5 Å². The molecule has 0 radical (unpaired) electrons. The predicted molar refractivity (Wildman–Crippen MR) is 121 cm³/mol. The summed E-state index contributed by atoms with van der Waals surface area (Å²) < 4.78 is 39.2. The number of fused-ring (bicyclic) bond motifs is 1. The molecule has 3 aromatic rings. The molecule has 2 aromatic heterocycles. The number of carboxylic acids is 1. The van der Waals surface area contributed by atoms with E-state index in [1.165, 1.54) is 4.90 Å². The molecule has 2 fully saturated rings. The lowest BCUT2D eigenvalue weighted by Gasteiger charge is -2.35. The lowest BCUT2D eigenvalue weighted by molar-refractivity contribution is -0.149. The molecule has 0 amide bonds. The van der Waals surface area contributed by atoms with Crippen molar-refractivity contribution in [3.63, 3.8) is 0 Å². The standard InChI is InChI=1S/C19H21F3N6.C4H6O2/c20-19(21,22)13-27-10-8-26(9-11-27)12-14-4-6-15(7-5-14)16-2-1-3-17-24-18(23)25-28(16)17;5-4(6)3-1-2-3/h1-7H,8-13H2,(H2,23,25);3H,1-2H2,(H,5,6). The van der Waals surface area contributed by atoms with Crippen LogP contribution < -0.4 is 5.73 Å². The Hall–Kier alpha value is -3.18. The minimum absolute atomic E-state index is 0.0185. The molecule has 1 aromatic carbocycles. The van der Waals surface area contributed by atoms with Crippen LogP contribution in [0.3, 0.4) is 0 Å². The summed E-state index contributed by atoms with van der Waals surface area (Å²) in [5, 5.41) is 12.3. The summed E-state index contributed by atoms with van der Waals surface area (Å²) in [5.74, 6) is -0.381. The molecule has 2 aliphatic rings. The number of nitrogens with zero attached hydrogens (tertiary/aromatic N) is 5. The fourth-order valence-electron chi connectivity index (χ4n) is 3.87. The maximum atomic E-state index is 12.5. The molecule has 3 N–H and O–H groups in total. The van der Waals surface area contributed by atoms with E-state index in [-0.39, 0.29) is 11.9 Å². The molecule has 1 saturated heterocycles. The molecule has 0 bridgehead atoms. The molecule has 182 valence electrons. The van der Waals surface area contributed by atoms with E-state index in [0.29, 0.717) is 31.8 Å². The van der Waals surface area contributed by atoms with Gasteiger partial charge in [0.25, 0.3) is 0 Å². The number of aromatic nitrogens is 3. The lowest BCUT2D eigenvalue weighted by Crippen LogP contribution is -2.48. The van der Waals surface area contributed by atoms with Gasteiger partial charge in [0.15, 0.2) is 5.65 Å². The molecule has 1 saturated carbocycles. The summed E-state index contributed by atoms with van der Waals surface area (Å²) >= 11 is 0. The number of carboxylic acid groups (broad SMARTS) is 1. The molecule has 34 heavy (non-hydrogen) atoms. The van der Waals surface area contributed by atoms with Gasteiger partial charge >= 0.3 is 12.1 Å². The number of alkyl halides is 3. The second kappa shape index (κ2) is 9.98. The van der Waals surface area contributed by atoms with Crippen LogP contribution in [-0.2, 0) is 11.3 Å². The largest absolute Gasteiger partial charge is 0.481 e. The zero-order valence-corrected chi connectivity index (χ0v) is 18.6. The van der Waals surface area contributed by atoms with Crippen LogP contribution >= 0.6 is 0 Å². The molecule has 0 spiro atoms. The minimum Gasteiger partial charge on any atom is -0.481 e. The van der Waals surface area contributed by atoms with Crippen LogP contribution in [0.5, 0.6) is 0 Å². The normalized spacial score (nSPS) is 17.4. The molecule has 0 atom stereocenters. The van der Waals surface area contributed by atoms with E-state index in [4.69, 9.17) is 10.8 Å². The zero-order valence-electron chi connectivity index (χ0n) is 18.6. The van der Waals surface area contributed by atoms with Crippen LogP contribution in [0.2, 0.25) is 0 Å². The Balaban J connectivity index is 0.000000398. The fourth-order valence-corrected chi connectivity index (χ4v) is 3.87. The maximum Gasteiger partial charge on any atom is 0.401 e. The Bertz CT molecular complexity index is 1120. The topological polar surface area (TPSA) is 100.0 Å². The van der Waals surface area contributed by atoms with Crippen molar-refractivity contribution in [2.24, 2.45) is 5.92 Å². The van der Waals surface area contributed by atoms with E-state index in [2.05, 4.69) is 15.0 Å². The third-order valence-electron chi connectivity index (χ3n) is 5.83. The Morgan fingerprint density at radius 3 is 2.24 bits per heavy atom. The highest BCUT2D eigenvalue weighted by molar-refractivity contribution is 5.72. The summed E-state index contributed by atoms with van der Waals surface area (Å²) in [6.07, 6.45) is -2.33. The number of halogens is 3. The molecule has 3 heterocycles. The second-order valence-corrected chi connectivity index (χ2v) is 8.63. The zero-order chi connectivity index (χ0) is 24.3. The summed E-state index contributed by atoms with van der Waals surface area (Å²) in [6.45, 7) is 2.04. The summed E-state index contributed by atoms with van der Waals surface area (Å²) in [5.41, 5.74) is 9.40. The predicted octanol–water partition coefficient (Wildman–Crippen LogP) is 3.14. The second-order valence-electron chi connectivity index (χ2n) is 8.63. The number of piperazine rings is 1. The van der Waals surface area contributed by atoms with E-state index in [0.717, 1.165) is 36.2 Å². The van der Waals surface area contributed by atoms with Crippen molar-refractivity contribution in [1.82, 2.24) is 24.4 Å². The van der Waals surface area contributed by atoms with Gasteiger partial charge in [0.1, 0.15) is 0 Å². The highest BCUT2D eigenvalue weighted by Crippen LogP contribution is 2.28. The van der Waals surface area contributed by atoms with E-state index in [9.17, 15) is 18.0 Å². The third-order valence-corrected chi connectivity index (χ3v) is 5.83. The van der Waals surface area contributed by atoms with Gasteiger partial charge in [-0.1, -0.05) is 30.3 Å². The van der Waals surface area contributed by atoms with Gasteiger partial charge in [-0.25, -0.2) is 4.52 Å². The van der Waals surface area contributed by atoms with Crippen molar-refractivity contribution in [2.75, 3.05) is 38.5 Å². The first-order valence-corrected chi connectivity index (χ1v) is 11.1. The molecular weight excluding hydrogens is 449 g/mol. The van der Waals surface area contributed by atoms with Crippen molar-refractivity contribution in [1.29, 1.82) is 0 Å². The molecule has 8 nitrogen and oxygen atoms in total. The summed E-state index contributed by atoms with van der Waals surface area (Å²) in [6, 6.07) is 13.8. The first-order chi connectivity index (χ1) is 16.2. The number of pyridine rings is 1. The third kappa shape index (κ3) is 6.45. The van der Waals surface area contributed by atoms with Gasteiger partial charge in [0, 0.05) is 38.3 Å². The number of nitrogen functional groups attached to an aromatic ring is 1. The van der Waals surface area contributed by atoms with E-state index in [1.54, 1.807) is 4.52 Å². The lowest BCUT2D eigenvalue weighted by atomic mass is 10.1. The highest BCUT2D eigenvalue weighted by Gasteiger charge is 2.32.